The molecule has 1 amide bonds. The lowest BCUT2D eigenvalue weighted by Gasteiger charge is -2.29. The third kappa shape index (κ3) is 3.21. The third-order valence-corrected chi connectivity index (χ3v) is 4.41. The van der Waals surface area contributed by atoms with E-state index in [1.165, 1.54) is 11.1 Å². The molecule has 0 radical (unpaired) electrons. The number of hydrogen-bond donors (Lipinski definition) is 1. The molecule has 3 nitrogen and oxygen atoms in total. The standard InChI is InChI=1S/C17H26N2O/c1-5-14-6-8-15(9-7-14)17-18-10-16(20)19(17)11-13(4)12(2)3/h6-9,12-13,17-18H,5,10-11H2,1-4H3. The second kappa shape index (κ2) is 6.40. The first-order valence-corrected chi connectivity index (χ1v) is 7.64. The minimum Gasteiger partial charge on any atom is -0.322 e. The van der Waals surface area contributed by atoms with E-state index < -0.39 is 0 Å². The highest BCUT2D eigenvalue weighted by Gasteiger charge is 2.32. The van der Waals surface area contributed by atoms with Crippen LogP contribution in [-0.4, -0.2) is 23.9 Å². The van der Waals surface area contributed by atoms with Crippen LogP contribution >= 0.6 is 0 Å². The normalized spacial score (nSPS) is 20.8. The molecule has 2 atom stereocenters. The SMILES string of the molecule is CCc1ccc(C2NCC(=O)N2CC(C)C(C)C)cc1. The van der Waals surface area contributed by atoms with E-state index >= 15 is 0 Å². The fourth-order valence-corrected chi connectivity index (χ4v) is 2.50. The highest BCUT2D eigenvalue weighted by molar-refractivity contribution is 5.81. The lowest BCUT2D eigenvalue weighted by Crippen LogP contribution is -2.35. The van der Waals surface area contributed by atoms with E-state index in [1.54, 1.807) is 0 Å². The molecule has 1 aliphatic rings. The van der Waals surface area contributed by atoms with E-state index in [4.69, 9.17) is 0 Å². The van der Waals surface area contributed by atoms with Crippen molar-refractivity contribution in [2.45, 2.75) is 40.3 Å². The van der Waals surface area contributed by atoms with E-state index in [-0.39, 0.29) is 12.1 Å². The van der Waals surface area contributed by atoms with Gasteiger partial charge in [0.05, 0.1) is 6.54 Å². The van der Waals surface area contributed by atoms with Crippen molar-refractivity contribution in [2.75, 3.05) is 13.1 Å². The maximum absolute atomic E-state index is 12.1. The number of hydrogen-bond acceptors (Lipinski definition) is 2. The van der Waals surface area contributed by atoms with Gasteiger partial charge in [-0.15, -0.1) is 0 Å². The van der Waals surface area contributed by atoms with Crippen molar-refractivity contribution in [2.24, 2.45) is 11.8 Å². The van der Waals surface area contributed by atoms with Crippen LogP contribution in [0.4, 0.5) is 0 Å². The number of carbonyl (C=O) groups is 1. The van der Waals surface area contributed by atoms with Gasteiger partial charge in [-0.2, -0.15) is 0 Å². The summed E-state index contributed by atoms with van der Waals surface area (Å²) in [5.41, 5.74) is 2.52. The molecule has 20 heavy (non-hydrogen) atoms. The smallest absolute Gasteiger partial charge is 0.238 e. The minimum atomic E-state index is 0.0367. The Hall–Kier alpha value is -1.35. The molecule has 1 aliphatic heterocycles. The molecule has 1 aromatic rings. The van der Waals surface area contributed by atoms with Crippen molar-refractivity contribution in [1.82, 2.24) is 10.2 Å². The van der Waals surface area contributed by atoms with Crippen LogP contribution in [0.25, 0.3) is 0 Å². The van der Waals surface area contributed by atoms with Crippen LogP contribution in [0.15, 0.2) is 24.3 Å². The lowest BCUT2D eigenvalue weighted by molar-refractivity contribution is -0.128. The van der Waals surface area contributed by atoms with Crippen LogP contribution in [-0.2, 0) is 11.2 Å². The molecule has 0 bridgehead atoms. The molecular formula is C17H26N2O. The number of aryl methyl sites for hydroxylation is 1. The molecular weight excluding hydrogens is 248 g/mol. The monoisotopic (exact) mass is 274 g/mol. The van der Waals surface area contributed by atoms with Gasteiger partial charge in [-0.25, -0.2) is 0 Å². The third-order valence-electron chi connectivity index (χ3n) is 4.41. The molecule has 0 saturated carbocycles. The van der Waals surface area contributed by atoms with Gasteiger partial charge in [0.25, 0.3) is 0 Å². The van der Waals surface area contributed by atoms with Crippen molar-refractivity contribution < 1.29 is 4.79 Å². The van der Waals surface area contributed by atoms with E-state index in [0.29, 0.717) is 18.4 Å². The molecule has 1 N–H and O–H groups in total. The van der Waals surface area contributed by atoms with Crippen molar-refractivity contribution in [3.8, 4) is 0 Å². The average molecular weight is 274 g/mol. The Labute approximate surface area is 122 Å². The van der Waals surface area contributed by atoms with Gasteiger partial charge in [0.15, 0.2) is 0 Å². The Morgan fingerprint density at radius 3 is 2.45 bits per heavy atom. The van der Waals surface area contributed by atoms with Gasteiger partial charge in [0, 0.05) is 6.54 Å². The summed E-state index contributed by atoms with van der Waals surface area (Å²) in [6, 6.07) is 8.60. The second-order valence-electron chi connectivity index (χ2n) is 6.15. The van der Waals surface area contributed by atoms with Gasteiger partial charge < -0.3 is 4.90 Å². The average Bonchev–Trinajstić information content (AvgIpc) is 2.80. The Morgan fingerprint density at radius 2 is 1.90 bits per heavy atom. The summed E-state index contributed by atoms with van der Waals surface area (Å²) in [7, 11) is 0. The first-order chi connectivity index (χ1) is 9.52. The van der Waals surface area contributed by atoms with E-state index in [2.05, 4.69) is 57.3 Å². The molecule has 0 aliphatic carbocycles. The van der Waals surface area contributed by atoms with Crippen molar-refractivity contribution >= 4 is 5.91 Å². The van der Waals surface area contributed by atoms with Crippen molar-refractivity contribution in [3.63, 3.8) is 0 Å². The summed E-state index contributed by atoms with van der Waals surface area (Å²) >= 11 is 0. The fourth-order valence-electron chi connectivity index (χ4n) is 2.50. The number of rotatable bonds is 5. The highest BCUT2D eigenvalue weighted by Crippen LogP contribution is 2.25. The van der Waals surface area contributed by atoms with Crippen LogP contribution in [0.5, 0.6) is 0 Å². The van der Waals surface area contributed by atoms with E-state index in [0.717, 1.165) is 13.0 Å². The molecule has 3 heteroatoms. The van der Waals surface area contributed by atoms with Crippen LogP contribution in [0.2, 0.25) is 0 Å². The van der Waals surface area contributed by atoms with Gasteiger partial charge in [-0.3, -0.25) is 10.1 Å². The predicted octanol–water partition coefficient (Wildman–Crippen LogP) is 2.97. The summed E-state index contributed by atoms with van der Waals surface area (Å²) < 4.78 is 0. The Kier molecular flexibility index (Phi) is 4.81. The number of nitrogens with zero attached hydrogens (tertiary/aromatic N) is 1. The van der Waals surface area contributed by atoms with Gasteiger partial charge in [-0.05, 0) is 29.4 Å². The zero-order valence-electron chi connectivity index (χ0n) is 13.0. The zero-order valence-corrected chi connectivity index (χ0v) is 13.0. The Morgan fingerprint density at radius 1 is 1.25 bits per heavy atom. The van der Waals surface area contributed by atoms with E-state index in [9.17, 15) is 4.79 Å². The molecule has 1 aromatic carbocycles. The predicted molar refractivity (Wildman–Crippen MR) is 82.3 cm³/mol. The summed E-state index contributed by atoms with van der Waals surface area (Å²) in [4.78, 5) is 14.1. The Balaban J connectivity index is 2.14. The largest absolute Gasteiger partial charge is 0.322 e. The first-order valence-electron chi connectivity index (χ1n) is 7.64. The number of benzene rings is 1. The van der Waals surface area contributed by atoms with Crippen LogP contribution in [0.1, 0.15) is 45.0 Å². The molecule has 1 fully saturated rings. The van der Waals surface area contributed by atoms with Crippen LogP contribution in [0.3, 0.4) is 0 Å². The van der Waals surface area contributed by atoms with Crippen LogP contribution < -0.4 is 5.32 Å². The molecule has 1 saturated heterocycles. The quantitative estimate of drug-likeness (QED) is 0.895. The maximum Gasteiger partial charge on any atom is 0.238 e. The van der Waals surface area contributed by atoms with Gasteiger partial charge in [-0.1, -0.05) is 52.0 Å². The number of nitrogens with one attached hydrogen (secondary N) is 1. The highest BCUT2D eigenvalue weighted by atomic mass is 16.2. The van der Waals surface area contributed by atoms with Crippen LogP contribution in [0, 0.1) is 11.8 Å². The molecule has 2 unspecified atom stereocenters. The summed E-state index contributed by atoms with van der Waals surface area (Å²) in [6.45, 7) is 10.1. The molecule has 2 rings (SSSR count). The first kappa shape index (κ1) is 15.0. The van der Waals surface area contributed by atoms with E-state index in [1.807, 2.05) is 4.90 Å². The lowest BCUT2D eigenvalue weighted by atomic mass is 9.97. The molecule has 110 valence electrons. The topological polar surface area (TPSA) is 32.3 Å². The molecule has 1 heterocycles. The maximum atomic E-state index is 12.1. The number of carbonyl (C=O) groups excluding carboxylic acids is 1. The van der Waals surface area contributed by atoms with Gasteiger partial charge >= 0.3 is 0 Å². The summed E-state index contributed by atoms with van der Waals surface area (Å²) in [5, 5.41) is 3.33. The summed E-state index contributed by atoms with van der Waals surface area (Å²) in [6.07, 6.45) is 1.08. The van der Waals surface area contributed by atoms with Crippen molar-refractivity contribution in [1.29, 1.82) is 0 Å². The number of amides is 1. The molecule has 0 aromatic heterocycles. The minimum absolute atomic E-state index is 0.0367. The van der Waals surface area contributed by atoms with Gasteiger partial charge in [0.2, 0.25) is 5.91 Å². The zero-order chi connectivity index (χ0) is 14.7. The summed E-state index contributed by atoms with van der Waals surface area (Å²) in [5.74, 6) is 1.31. The second-order valence-corrected chi connectivity index (χ2v) is 6.15. The Bertz CT molecular complexity index is 453. The molecule has 0 spiro atoms. The van der Waals surface area contributed by atoms with Gasteiger partial charge in [0.1, 0.15) is 6.17 Å². The fraction of sp³-hybridized carbons (Fsp3) is 0.588. The van der Waals surface area contributed by atoms with Crippen molar-refractivity contribution in [3.05, 3.63) is 35.4 Å².